The molecule has 0 saturated carbocycles. The molecule has 1 aromatic carbocycles. The molecule has 0 spiro atoms. The van der Waals surface area contributed by atoms with Crippen molar-refractivity contribution in [2.75, 3.05) is 0 Å². The first-order valence-electron chi connectivity index (χ1n) is 9.35. The number of rotatable bonds is 7. The Morgan fingerprint density at radius 2 is 2.03 bits per heavy atom. The van der Waals surface area contributed by atoms with Crippen molar-refractivity contribution in [3.8, 4) is 5.75 Å². The molecule has 0 saturated heterocycles. The number of amides is 1. The lowest BCUT2D eigenvalue weighted by molar-refractivity contribution is 0.0930. The molecule has 1 amide bonds. The monoisotopic (exact) mass is 388 g/mol. The Balaban J connectivity index is 1.39. The van der Waals surface area contributed by atoms with Gasteiger partial charge in [-0.15, -0.1) is 0 Å². The summed E-state index contributed by atoms with van der Waals surface area (Å²) in [7, 11) is 0. The van der Waals surface area contributed by atoms with Crippen molar-refractivity contribution in [2.45, 2.75) is 26.0 Å². The third-order valence-electron chi connectivity index (χ3n) is 4.54. The van der Waals surface area contributed by atoms with Gasteiger partial charge in [0.1, 0.15) is 12.0 Å². The zero-order valence-corrected chi connectivity index (χ0v) is 15.9. The lowest BCUT2D eigenvalue weighted by atomic mass is 10.1. The van der Waals surface area contributed by atoms with E-state index in [0.29, 0.717) is 11.6 Å². The van der Waals surface area contributed by atoms with E-state index in [0.717, 1.165) is 22.9 Å². The van der Waals surface area contributed by atoms with Crippen LogP contribution in [0.5, 0.6) is 5.75 Å². The number of ether oxygens (including phenoxy) is 1. The smallest absolute Gasteiger partial charge is 0.273 e. The van der Waals surface area contributed by atoms with E-state index in [2.05, 4.69) is 20.3 Å². The maximum absolute atomic E-state index is 12.5. The summed E-state index contributed by atoms with van der Waals surface area (Å²) in [4.78, 5) is 25.1. The molecule has 1 unspecified atom stereocenters. The van der Waals surface area contributed by atoms with E-state index in [1.165, 1.54) is 6.26 Å². The number of hydrogen-bond acceptors (Lipinski definition) is 6. The van der Waals surface area contributed by atoms with Crippen LogP contribution in [0, 0.1) is 0 Å². The van der Waals surface area contributed by atoms with Crippen LogP contribution in [-0.2, 0) is 6.61 Å². The zero-order valence-electron chi connectivity index (χ0n) is 15.9. The van der Waals surface area contributed by atoms with Crippen LogP contribution in [0.3, 0.4) is 0 Å². The Hall–Kier alpha value is -3.74. The summed E-state index contributed by atoms with van der Waals surface area (Å²) in [6.07, 6.45) is 7.26. The van der Waals surface area contributed by atoms with Crippen LogP contribution in [0.15, 0.2) is 71.7 Å². The van der Waals surface area contributed by atoms with Crippen molar-refractivity contribution in [3.63, 3.8) is 0 Å². The van der Waals surface area contributed by atoms with E-state index in [4.69, 9.17) is 9.15 Å². The Morgan fingerprint density at radius 3 is 2.86 bits per heavy atom. The first-order chi connectivity index (χ1) is 14.2. The average molecular weight is 388 g/mol. The molecule has 0 aliphatic heterocycles. The number of nitrogens with one attached hydrogen (secondary N) is 1. The second kappa shape index (κ2) is 8.52. The second-order valence-corrected chi connectivity index (χ2v) is 6.49. The first-order valence-corrected chi connectivity index (χ1v) is 9.35. The number of benzene rings is 1. The minimum Gasteiger partial charge on any atom is -0.484 e. The second-order valence-electron chi connectivity index (χ2n) is 6.49. The van der Waals surface area contributed by atoms with E-state index >= 15 is 0 Å². The van der Waals surface area contributed by atoms with Gasteiger partial charge in [0.25, 0.3) is 5.91 Å². The summed E-state index contributed by atoms with van der Waals surface area (Å²) in [5.41, 5.74) is 2.11. The quantitative estimate of drug-likeness (QED) is 0.513. The topological polar surface area (TPSA) is 90.1 Å². The molecular formula is C22H20N4O3. The summed E-state index contributed by atoms with van der Waals surface area (Å²) in [5.74, 6) is 0.720. The fourth-order valence-corrected chi connectivity index (χ4v) is 3.02. The van der Waals surface area contributed by atoms with Gasteiger partial charge in [0.2, 0.25) is 5.89 Å². The van der Waals surface area contributed by atoms with E-state index in [9.17, 15) is 4.79 Å². The maximum Gasteiger partial charge on any atom is 0.273 e. The summed E-state index contributed by atoms with van der Waals surface area (Å²) in [6, 6.07) is 13.1. The van der Waals surface area contributed by atoms with Gasteiger partial charge in [-0.2, -0.15) is 0 Å². The van der Waals surface area contributed by atoms with Crippen LogP contribution in [0.2, 0.25) is 0 Å². The highest BCUT2D eigenvalue weighted by atomic mass is 16.5. The molecule has 1 atom stereocenters. The highest BCUT2D eigenvalue weighted by Crippen LogP contribution is 2.20. The molecule has 0 aliphatic carbocycles. The summed E-state index contributed by atoms with van der Waals surface area (Å²) < 4.78 is 11.1. The van der Waals surface area contributed by atoms with Crippen LogP contribution in [0.4, 0.5) is 0 Å². The van der Waals surface area contributed by atoms with Crippen LogP contribution < -0.4 is 10.1 Å². The zero-order chi connectivity index (χ0) is 20.1. The third-order valence-corrected chi connectivity index (χ3v) is 4.54. The molecule has 29 heavy (non-hydrogen) atoms. The molecule has 0 aliphatic rings. The Morgan fingerprint density at radius 1 is 1.17 bits per heavy atom. The van der Waals surface area contributed by atoms with Gasteiger partial charge >= 0.3 is 0 Å². The summed E-state index contributed by atoms with van der Waals surface area (Å²) in [5, 5.41) is 3.95. The van der Waals surface area contributed by atoms with Gasteiger partial charge in [-0.1, -0.05) is 13.0 Å². The number of hydrogen-bond donors (Lipinski definition) is 1. The fourth-order valence-electron chi connectivity index (χ4n) is 3.02. The highest BCUT2D eigenvalue weighted by molar-refractivity contribution is 5.92. The Bertz CT molecular complexity index is 1110. The van der Waals surface area contributed by atoms with Crippen molar-refractivity contribution in [1.82, 2.24) is 20.3 Å². The van der Waals surface area contributed by atoms with Crippen molar-refractivity contribution >= 4 is 16.8 Å². The fraction of sp³-hybridized carbons (Fsp3) is 0.182. The molecule has 7 heteroatoms. The van der Waals surface area contributed by atoms with Crippen LogP contribution >= 0.6 is 0 Å². The van der Waals surface area contributed by atoms with E-state index in [1.54, 1.807) is 18.6 Å². The number of aromatic nitrogens is 3. The maximum atomic E-state index is 12.5. The van der Waals surface area contributed by atoms with Gasteiger partial charge in [0.15, 0.2) is 12.3 Å². The van der Waals surface area contributed by atoms with E-state index < -0.39 is 0 Å². The van der Waals surface area contributed by atoms with Gasteiger partial charge in [-0.3, -0.25) is 14.8 Å². The largest absolute Gasteiger partial charge is 0.484 e. The summed E-state index contributed by atoms with van der Waals surface area (Å²) >= 11 is 0. The molecule has 4 aromatic rings. The molecule has 1 N–H and O–H groups in total. The van der Waals surface area contributed by atoms with Gasteiger partial charge in [0.05, 0.1) is 11.6 Å². The van der Waals surface area contributed by atoms with Gasteiger partial charge < -0.3 is 14.5 Å². The number of nitrogens with zero attached hydrogens (tertiary/aromatic N) is 3. The number of pyridine rings is 2. The predicted molar refractivity (Wildman–Crippen MR) is 107 cm³/mol. The lowest BCUT2D eigenvalue weighted by Crippen LogP contribution is -2.28. The van der Waals surface area contributed by atoms with Crippen molar-refractivity contribution < 1.29 is 13.9 Å². The SMILES string of the molecule is CCC(NC(=O)c1coc(COc2ccc3ncccc3c2)n1)c1ccncc1. The lowest BCUT2D eigenvalue weighted by Gasteiger charge is -2.16. The van der Waals surface area contributed by atoms with Gasteiger partial charge in [0, 0.05) is 24.0 Å². The first kappa shape index (κ1) is 18.6. The normalized spacial score (nSPS) is 11.9. The Kier molecular flexibility index (Phi) is 5.47. The van der Waals surface area contributed by atoms with Crippen molar-refractivity contribution in [2.24, 2.45) is 0 Å². The molecule has 4 rings (SSSR count). The molecule has 3 heterocycles. The molecular weight excluding hydrogens is 368 g/mol. The summed E-state index contributed by atoms with van der Waals surface area (Å²) in [6.45, 7) is 2.13. The molecule has 3 aromatic heterocycles. The Labute approximate surface area is 167 Å². The number of fused-ring (bicyclic) bond motifs is 1. The van der Waals surface area contributed by atoms with Crippen LogP contribution in [-0.4, -0.2) is 20.9 Å². The standard InChI is InChI=1S/C22H20N4O3/c1-2-18(15-7-10-23-11-8-15)26-22(27)20-13-29-21(25-20)14-28-17-5-6-19-16(12-17)4-3-9-24-19/h3-13,18H,2,14H2,1H3,(H,26,27). The molecule has 0 radical (unpaired) electrons. The molecule has 0 bridgehead atoms. The van der Waals surface area contributed by atoms with E-state index in [-0.39, 0.29) is 24.2 Å². The van der Waals surface area contributed by atoms with Crippen LogP contribution in [0.1, 0.15) is 41.3 Å². The van der Waals surface area contributed by atoms with E-state index in [1.807, 2.05) is 49.4 Å². The minimum absolute atomic E-state index is 0.117. The number of carbonyl (C=O) groups is 1. The molecule has 146 valence electrons. The third kappa shape index (κ3) is 4.40. The van der Waals surface area contributed by atoms with Crippen molar-refractivity contribution in [1.29, 1.82) is 0 Å². The molecule has 0 fully saturated rings. The average Bonchev–Trinajstić information content (AvgIpc) is 3.25. The minimum atomic E-state index is -0.291. The van der Waals surface area contributed by atoms with Gasteiger partial charge in [-0.25, -0.2) is 4.98 Å². The van der Waals surface area contributed by atoms with Crippen LogP contribution in [0.25, 0.3) is 10.9 Å². The number of oxazole rings is 1. The van der Waals surface area contributed by atoms with Gasteiger partial charge in [-0.05, 0) is 48.4 Å². The molecule has 7 nitrogen and oxygen atoms in total. The predicted octanol–water partition coefficient (Wildman–Crippen LogP) is 4.08. The number of carbonyl (C=O) groups excluding carboxylic acids is 1. The highest BCUT2D eigenvalue weighted by Gasteiger charge is 2.17. The van der Waals surface area contributed by atoms with Crippen molar-refractivity contribution in [3.05, 3.63) is 84.5 Å².